The molecule has 0 saturated heterocycles. The number of fused-ring (bicyclic) bond motifs is 1. The summed E-state index contributed by atoms with van der Waals surface area (Å²) in [5.74, 6) is 1.03. The van der Waals surface area contributed by atoms with Crippen LogP contribution in [0.5, 0.6) is 5.75 Å². The number of nitrogens with zero attached hydrogens (tertiary/aromatic N) is 5. The Labute approximate surface area is 162 Å². The van der Waals surface area contributed by atoms with E-state index in [-0.39, 0.29) is 18.0 Å². The van der Waals surface area contributed by atoms with Crippen LogP contribution in [0.1, 0.15) is 5.89 Å². The summed E-state index contributed by atoms with van der Waals surface area (Å²) >= 11 is 7.21. The maximum Gasteiger partial charge on any atom is 0.278 e. The van der Waals surface area contributed by atoms with Crippen molar-refractivity contribution in [3.05, 3.63) is 69.8 Å². The Balaban J connectivity index is 1.41. The van der Waals surface area contributed by atoms with Gasteiger partial charge in [-0.05, 0) is 36.0 Å². The topological polar surface area (TPSA) is 95.9 Å². The molecule has 0 unspecified atom stereocenters. The Morgan fingerprint density at radius 1 is 1.07 bits per heavy atom. The van der Waals surface area contributed by atoms with Crippen molar-refractivity contribution in [2.75, 3.05) is 0 Å². The quantitative estimate of drug-likeness (QED) is 0.454. The molecule has 4 aromatic rings. The van der Waals surface area contributed by atoms with E-state index in [1.807, 2.05) is 12.1 Å². The highest BCUT2D eigenvalue weighted by Gasteiger charge is 2.11. The third-order valence-corrected chi connectivity index (χ3v) is 4.67. The minimum atomic E-state index is -0.227. The lowest BCUT2D eigenvalue weighted by Crippen LogP contribution is -2.23. The maximum atomic E-state index is 12.4. The lowest BCUT2D eigenvalue weighted by Gasteiger charge is -2.04. The first-order chi connectivity index (χ1) is 13.2. The molecule has 2 aromatic heterocycles. The Morgan fingerprint density at radius 3 is 2.78 bits per heavy atom. The van der Waals surface area contributed by atoms with Crippen molar-refractivity contribution in [3.63, 3.8) is 0 Å². The standard InChI is InChI=1S/C17H12ClN5O3S/c18-12-6-2-4-8-14(12)25-9-15-20-21-17(26-15)27-10-23-16(24)11-5-1-3-7-13(11)19-22-23/h1-8H,9-10H2. The molecule has 2 heterocycles. The van der Waals surface area contributed by atoms with E-state index < -0.39 is 0 Å². The third kappa shape index (κ3) is 3.93. The highest BCUT2D eigenvalue weighted by molar-refractivity contribution is 7.98. The lowest BCUT2D eigenvalue weighted by molar-refractivity contribution is 0.252. The van der Waals surface area contributed by atoms with Gasteiger partial charge < -0.3 is 9.15 Å². The summed E-state index contributed by atoms with van der Waals surface area (Å²) in [6, 6.07) is 14.2. The van der Waals surface area contributed by atoms with Crippen LogP contribution in [0.3, 0.4) is 0 Å². The van der Waals surface area contributed by atoms with Crippen molar-refractivity contribution >= 4 is 34.3 Å². The van der Waals surface area contributed by atoms with Crippen LogP contribution in [0.4, 0.5) is 0 Å². The summed E-state index contributed by atoms with van der Waals surface area (Å²) < 4.78 is 12.3. The van der Waals surface area contributed by atoms with Crippen LogP contribution in [0.15, 0.2) is 63.0 Å². The third-order valence-electron chi connectivity index (χ3n) is 3.58. The Hall–Kier alpha value is -2.91. The van der Waals surface area contributed by atoms with E-state index in [1.165, 1.54) is 16.4 Å². The van der Waals surface area contributed by atoms with Crippen molar-refractivity contribution in [1.29, 1.82) is 0 Å². The smallest absolute Gasteiger partial charge is 0.278 e. The zero-order valence-corrected chi connectivity index (χ0v) is 15.4. The Kier molecular flexibility index (Phi) is 5.03. The van der Waals surface area contributed by atoms with E-state index >= 15 is 0 Å². The molecule has 10 heteroatoms. The van der Waals surface area contributed by atoms with Gasteiger partial charge in [0.05, 0.1) is 10.4 Å². The normalized spacial score (nSPS) is 11.0. The van der Waals surface area contributed by atoms with Crippen molar-refractivity contribution in [3.8, 4) is 5.75 Å². The number of hydrogen-bond donors (Lipinski definition) is 0. The van der Waals surface area contributed by atoms with Gasteiger partial charge in [-0.3, -0.25) is 4.79 Å². The predicted octanol–water partition coefficient (Wildman–Crippen LogP) is 3.16. The molecule has 0 bridgehead atoms. The molecule has 8 nitrogen and oxygen atoms in total. The summed E-state index contributed by atoms with van der Waals surface area (Å²) in [4.78, 5) is 12.4. The molecule has 0 atom stereocenters. The predicted molar refractivity (Wildman–Crippen MR) is 99.7 cm³/mol. The van der Waals surface area contributed by atoms with Gasteiger partial charge in [0.15, 0.2) is 6.61 Å². The number of ether oxygens (including phenoxy) is 1. The minimum Gasteiger partial charge on any atom is -0.482 e. The molecular formula is C17H12ClN5O3S. The molecule has 27 heavy (non-hydrogen) atoms. The van der Waals surface area contributed by atoms with E-state index in [0.29, 0.717) is 32.8 Å². The van der Waals surface area contributed by atoms with E-state index in [4.69, 9.17) is 20.8 Å². The first-order valence-corrected chi connectivity index (χ1v) is 9.22. The van der Waals surface area contributed by atoms with Gasteiger partial charge in [-0.15, -0.1) is 15.3 Å². The lowest BCUT2D eigenvalue weighted by atomic mass is 10.2. The van der Waals surface area contributed by atoms with Crippen LogP contribution in [-0.4, -0.2) is 25.2 Å². The number of hydrogen-bond acceptors (Lipinski definition) is 8. The van der Waals surface area contributed by atoms with E-state index in [1.54, 1.807) is 36.4 Å². The highest BCUT2D eigenvalue weighted by Crippen LogP contribution is 2.24. The first-order valence-electron chi connectivity index (χ1n) is 7.86. The molecule has 0 aliphatic rings. The monoisotopic (exact) mass is 401 g/mol. The zero-order chi connectivity index (χ0) is 18.6. The number of aromatic nitrogens is 5. The van der Waals surface area contributed by atoms with Crippen LogP contribution in [0.2, 0.25) is 5.02 Å². The molecule has 2 aromatic carbocycles. The number of thioether (sulfide) groups is 1. The van der Waals surface area contributed by atoms with Gasteiger partial charge in [-0.2, -0.15) is 4.68 Å². The van der Waals surface area contributed by atoms with Gasteiger partial charge >= 0.3 is 0 Å². The molecule has 4 rings (SSSR count). The molecule has 0 spiro atoms. The number of halogens is 1. The summed E-state index contributed by atoms with van der Waals surface area (Å²) in [6.07, 6.45) is 0. The second kappa shape index (κ2) is 7.77. The number of rotatable bonds is 6. The number of benzene rings is 2. The fourth-order valence-corrected chi connectivity index (χ4v) is 3.13. The fourth-order valence-electron chi connectivity index (χ4n) is 2.28. The summed E-state index contributed by atoms with van der Waals surface area (Å²) in [5, 5.41) is 17.1. The van der Waals surface area contributed by atoms with Crippen molar-refractivity contribution in [2.45, 2.75) is 17.7 Å². The molecule has 0 aliphatic heterocycles. The second-order valence-corrected chi connectivity index (χ2v) is 6.67. The number of para-hydroxylation sites is 1. The first kappa shape index (κ1) is 17.5. The zero-order valence-electron chi connectivity index (χ0n) is 13.8. The minimum absolute atomic E-state index is 0.0903. The second-order valence-electron chi connectivity index (χ2n) is 5.37. The van der Waals surface area contributed by atoms with Gasteiger partial charge in [-0.25, -0.2) is 0 Å². The molecular weight excluding hydrogens is 390 g/mol. The molecule has 0 saturated carbocycles. The highest BCUT2D eigenvalue weighted by atomic mass is 35.5. The average Bonchev–Trinajstić information content (AvgIpc) is 3.15. The largest absolute Gasteiger partial charge is 0.482 e. The summed E-state index contributed by atoms with van der Waals surface area (Å²) in [7, 11) is 0. The SMILES string of the molecule is O=c1c2ccccc2nnn1CSc1nnc(COc2ccccc2Cl)o1. The van der Waals surface area contributed by atoms with Gasteiger partial charge in [-0.1, -0.05) is 41.1 Å². The van der Waals surface area contributed by atoms with E-state index in [9.17, 15) is 4.79 Å². The maximum absolute atomic E-state index is 12.4. The van der Waals surface area contributed by atoms with Crippen molar-refractivity contribution < 1.29 is 9.15 Å². The van der Waals surface area contributed by atoms with Gasteiger partial charge in [0.2, 0.25) is 0 Å². The van der Waals surface area contributed by atoms with Gasteiger partial charge in [0.25, 0.3) is 16.7 Å². The van der Waals surface area contributed by atoms with Crippen molar-refractivity contribution in [2.24, 2.45) is 0 Å². The Bertz CT molecular complexity index is 1150. The van der Waals surface area contributed by atoms with Crippen LogP contribution in [0, 0.1) is 0 Å². The van der Waals surface area contributed by atoms with Gasteiger partial charge in [0, 0.05) is 0 Å². The van der Waals surface area contributed by atoms with Gasteiger partial charge in [0.1, 0.15) is 17.1 Å². The summed E-state index contributed by atoms with van der Waals surface area (Å²) in [6.45, 7) is 0.0903. The fraction of sp³-hybridized carbons (Fsp3) is 0.118. The molecule has 0 aliphatic carbocycles. The molecule has 0 amide bonds. The molecule has 0 N–H and O–H groups in total. The molecule has 0 radical (unpaired) electrons. The molecule has 136 valence electrons. The molecule has 0 fully saturated rings. The summed E-state index contributed by atoms with van der Waals surface area (Å²) in [5.41, 5.74) is 0.329. The van der Waals surface area contributed by atoms with Crippen molar-refractivity contribution in [1.82, 2.24) is 25.2 Å². The van der Waals surface area contributed by atoms with Crippen LogP contribution < -0.4 is 10.3 Å². The van der Waals surface area contributed by atoms with Crippen LogP contribution in [0.25, 0.3) is 10.9 Å². The Morgan fingerprint density at radius 2 is 1.89 bits per heavy atom. The van der Waals surface area contributed by atoms with Crippen LogP contribution >= 0.6 is 23.4 Å². The van der Waals surface area contributed by atoms with E-state index in [0.717, 1.165) is 0 Å². The average molecular weight is 402 g/mol. The van der Waals surface area contributed by atoms with E-state index in [2.05, 4.69) is 20.5 Å². The van der Waals surface area contributed by atoms with Crippen LogP contribution in [-0.2, 0) is 12.5 Å².